The molecule has 2 atom stereocenters. The minimum atomic E-state index is -3.39. The van der Waals surface area contributed by atoms with E-state index >= 15 is 0 Å². The molecule has 1 fully saturated rings. The molecule has 0 amide bonds. The van der Waals surface area contributed by atoms with Gasteiger partial charge in [0.15, 0.2) is 0 Å². The van der Waals surface area contributed by atoms with Crippen LogP contribution in [0, 0.1) is 18.8 Å². The van der Waals surface area contributed by atoms with Gasteiger partial charge in [0.2, 0.25) is 10.0 Å². The van der Waals surface area contributed by atoms with Crippen LogP contribution in [0.25, 0.3) is 0 Å². The molecular formula is C14H22N2O2S. The van der Waals surface area contributed by atoms with Gasteiger partial charge in [-0.25, -0.2) is 13.1 Å². The van der Waals surface area contributed by atoms with E-state index < -0.39 is 10.0 Å². The lowest BCUT2D eigenvalue weighted by molar-refractivity contribution is 0.275. The molecule has 1 aromatic rings. The van der Waals surface area contributed by atoms with Gasteiger partial charge in [-0.05, 0) is 49.9 Å². The van der Waals surface area contributed by atoms with E-state index in [1.54, 1.807) is 12.1 Å². The molecule has 2 unspecified atom stereocenters. The van der Waals surface area contributed by atoms with Crippen LogP contribution in [0.5, 0.6) is 0 Å². The Morgan fingerprint density at radius 2 is 2.11 bits per heavy atom. The van der Waals surface area contributed by atoms with Crippen molar-refractivity contribution in [1.82, 2.24) is 10.0 Å². The molecule has 19 heavy (non-hydrogen) atoms. The van der Waals surface area contributed by atoms with Gasteiger partial charge < -0.3 is 5.32 Å². The summed E-state index contributed by atoms with van der Waals surface area (Å²) in [5, 5.41) is 3.32. The van der Waals surface area contributed by atoms with Gasteiger partial charge in [-0.15, -0.1) is 0 Å². The van der Waals surface area contributed by atoms with Gasteiger partial charge in [0, 0.05) is 6.54 Å². The molecule has 1 aromatic carbocycles. The van der Waals surface area contributed by atoms with Crippen molar-refractivity contribution in [1.29, 1.82) is 0 Å². The SMILES string of the molecule is Cc1ccccc1S(=O)(=O)NCC1CNCCC1C. The van der Waals surface area contributed by atoms with E-state index in [2.05, 4.69) is 17.0 Å². The van der Waals surface area contributed by atoms with Gasteiger partial charge in [0.25, 0.3) is 0 Å². The molecule has 0 radical (unpaired) electrons. The Balaban J connectivity index is 2.04. The number of piperidine rings is 1. The van der Waals surface area contributed by atoms with Crippen LogP contribution in [-0.2, 0) is 10.0 Å². The Hall–Kier alpha value is -0.910. The molecule has 0 aliphatic carbocycles. The number of rotatable bonds is 4. The zero-order valence-corrected chi connectivity index (χ0v) is 12.3. The summed E-state index contributed by atoms with van der Waals surface area (Å²) in [6, 6.07) is 7.08. The Morgan fingerprint density at radius 1 is 1.37 bits per heavy atom. The Kier molecular flexibility index (Phi) is 4.60. The van der Waals surface area contributed by atoms with Crippen molar-refractivity contribution in [2.45, 2.75) is 25.2 Å². The van der Waals surface area contributed by atoms with E-state index in [0.29, 0.717) is 23.3 Å². The molecule has 106 valence electrons. The number of benzene rings is 1. The molecular weight excluding hydrogens is 260 g/mol. The molecule has 0 saturated carbocycles. The monoisotopic (exact) mass is 282 g/mol. The maximum Gasteiger partial charge on any atom is 0.240 e. The van der Waals surface area contributed by atoms with Crippen LogP contribution >= 0.6 is 0 Å². The van der Waals surface area contributed by atoms with E-state index in [1.807, 2.05) is 19.1 Å². The maximum atomic E-state index is 12.3. The second-order valence-electron chi connectivity index (χ2n) is 5.35. The largest absolute Gasteiger partial charge is 0.316 e. The van der Waals surface area contributed by atoms with Crippen LogP contribution in [-0.4, -0.2) is 28.1 Å². The van der Waals surface area contributed by atoms with Gasteiger partial charge in [-0.1, -0.05) is 25.1 Å². The first-order valence-corrected chi connectivity index (χ1v) is 8.25. The lowest BCUT2D eigenvalue weighted by atomic mass is 9.88. The summed E-state index contributed by atoms with van der Waals surface area (Å²) < 4.78 is 27.3. The molecule has 1 saturated heterocycles. The minimum absolute atomic E-state index is 0.368. The second-order valence-corrected chi connectivity index (χ2v) is 7.08. The van der Waals surface area contributed by atoms with Gasteiger partial charge >= 0.3 is 0 Å². The predicted molar refractivity (Wildman–Crippen MR) is 76.5 cm³/mol. The Morgan fingerprint density at radius 3 is 2.79 bits per heavy atom. The van der Waals surface area contributed by atoms with Crippen LogP contribution < -0.4 is 10.0 Å². The molecule has 2 N–H and O–H groups in total. The van der Waals surface area contributed by atoms with Crippen LogP contribution in [0.4, 0.5) is 0 Å². The highest BCUT2D eigenvalue weighted by Crippen LogP contribution is 2.19. The summed E-state index contributed by atoms with van der Waals surface area (Å²) in [6.07, 6.45) is 1.11. The number of hydrogen-bond donors (Lipinski definition) is 2. The van der Waals surface area contributed by atoms with Crippen molar-refractivity contribution in [2.75, 3.05) is 19.6 Å². The van der Waals surface area contributed by atoms with Crippen molar-refractivity contribution < 1.29 is 8.42 Å². The second kappa shape index (κ2) is 6.03. The standard InChI is InChI=1S/C14H22N2O2S/c1-11-7-8-15-9-13(11)10-16-19(17,18)14-6-4-3-5-12(14)2/h3-6,11,13,15-16H,7-10H2,1-2H3. The minimum Gasteiger partial charge on any atom is -0.316 e. The number of sulfonamides is 1. The summed E-state index contributed by atoms with van der Waals surface area (Å²) in [4.78, 5) is 0.381. The lowest BCUT2D eigenvalue weighted by Crippen LogP contribution is -2.42. The average molecular weight is 282 g/mol. The van der Waals surface area contributed by atoms with Gasteiger partial charge in [0.1, 0.15) is 0 Å². The van der Waals surface area contributed by atoms with Crippen molar-refractivity contribution in [3.63, 3.8) is 0 Å². The van der Waals surface area contributed by atoms with Crippen molar-refractivity contribution >= 4 is 10.0 Å². The van der Waals surface area contributed by atoms with E-state index in [4.69, 9.17) is 0 Å². The number of aryl methyl sites for hydroxylation is 1. The Labute approximate surface area is 115 Å². The third-order valence-electron chi connectivity index (χ3n) is 3.91. The highest BCUT2D eigenvalue weighted by atomic mass is 32.2. The van der Waals surface area contributed by atoms with Crippen LogP contribution in [0.3, 0.4) is 0 Å². The molecule has 2 rings (SSSR count). The highest BCUT2D eigenvalue weighted by molar-refractivity contribution is 7.89. The summed E-state index contributed by atoms with van der Waals surface area (Å²) in [6.45, 7) is 6.43. The van der Waals surface area contributed by atoms with Gasteiger partial charge in [-0.2, -0.15) is 0 Å². The lowest BCUT2D eigenvalue weighted by Gasteiger charge is -2.29. The van der Waals surface area contributed by atoms with Crippen molar-refractivity contribution in [2.24, 2.45) is 11.8 Å². The molecule has 5 heteroatoms. The fourth-order valence-electron chi connectivity index (χ4n) is 2.48. The van der Waals surface area contributed by atoms with Crippen LogP contribution in [0.2, 0.25) is 0 Å². The molecule has 0 spiro atoms. The zero-order chi connectivity index (χ0) is 13.9. The molecule has 0 aromatic heterocycles. The summed E-state index contributed by atoms with van der Waals surface area (Å²) in [7, 11) is -3.39. The fraction of sp³-hybridized carbons (Fsp3) is 0.571. The number of nitrogens with one attached hydrogen (secondary N) is 2. The van der Waals surface area contributed by atoms with E-state index in [-0.39, 0.29) is 0 Å². The van der Waals surface area contributed by atoms with E-state index in [0.717, 1.165) is 25.1 Å². The summed E-state index contributed by atoms with van der Waals surface area (Å²) >= 11 is 0. The first-order chi connectivity index (χ1) is 9.00. The summed E-state index contributed by atoms with van der Waals surface area (Å²) in [5.41, 5.74) is 0.782. The topological polar surface area (TPSA) is 58.2 Å². The summed E-state index contributed by atoms with van der Waals surface area (Å²) in [5.74, 6) is 0.924. The fourth-order valence-corrected chi connectivity index (χ4v) is 3.82. The third-order valence-corrected chi connectivity index (χ3v) is 5.49. The molecule has 1 aliphatic rings. The van der Waals surface area contributed by atoms with Crippen molar-refractivity contribution in [3.8, 4) is 0 Å². The molecule has 1 aliphatic heterocycles. The van der Waals surface area contributed by atoms with Crippen molar-refractivity contribution in [3.05, 3.63) is 29.8 Å². The first kappa shape index (κ1) is 14.5. The average Bonchev–Trinajstić information content (AvgIpc) is 2.38. The highest BCUT2D eigenvalue weighted by Gasteiger charge is 2.24. The van der Waals surface area contributed by atoms with Crippen LogP contribution in [0.1, 0.15) is 18.9 Å². The Bertz CT molecular complexity index is 528. The molecule has 0 bridgehead atoms. The normalized spacial score (nSPS) is 24.3. The third kappa shape index (κ3) is 3.55. The number of hydrogen-bond acceptors (Lipinski definition) is 3. The molecule has 1 heterocycles. The smallest absolute Gasteiger partial charge is 0.240 e. The van der Waals surface area contributed by atoms with E-state index in [9.17, 15) is 8.42 Å². The van der Waals surface area contributed by atoms with Gasteiger partial charge in [-0.3, -0.25) is 0 Å². The van der Waals surface area contributed by atoms with Gasteiger partial charge in [0.05, 0.1) is 4.90 Å². The van der Waals surface area contributed by atoms with Crippen LogP contribution in [0.15, 0.2) is 29.2 Å². The quantitative estimate of drug-likeness (QED) is 0.880. The zero-order valence-electron chi connectivity index (χ0n) is 11.5. The predicted octanol–water partition coefficient (Wildman–Crippen LogP) is 1.52. The first-order valence-electron chi connectivity index (χ1n) is 6.77. The van der Waals surface area contributed by atoms with E-state index in [1.165, 1.54) is 0 Å². The maximum absolute atomic E-state index is 12.3. The molecule has 4 nitrogen and oxygen atoms in total.